The molecule has 1 aromatic carbocycles. The van der Waals surface area contributed by atoms with Crippen LogP contribution in [0.1, 0.15) is 32.3 Å². The van der Waals surface area contributed by atoms with Gasteiger partial charge in [-0.2, -0.15) is 0 Å². The zero-order valence-corrected chi connectivity index (χ0v) is 12.0. The van der Waals surface area contributed by atoms with E-state index in [1.54, 1.807) is 6.07 Å². The summed E-state index contributed by atoms with van der Waals surface area (Å²) < 4.78 is 13.9. The lowest BCUT2D eigenvalue weighted by atomic mass is 10.1. The zero-order valence-electron chi connectivity index (χ0n) is 10.4. The lowest BCUT2D eigenvalue weighted by Gasteiger charge is -2.27. The van der Waals surface area contributed by atoms with Gasteiger partial charge in [0.2, 0.25) is 0 Å². The summed E-state index contributed by atoms with van der Waals surface area (Å²) in [6, 6.07) is 5.50. The van der Waals surface area contributed by atoms with Gasteiger partial charge < -0.3 is 0 Å². The van der Waals surface area contributed by atoms with Gasteiger partial charge in [0.25, 0.3) is 0 Å². The molecule has 1 fully saturated rings. The predicted octanol–water partition coefficient (Wildman–Crippen LogP) is 4.21. The molecule has 2 rings (SSSR count). The highest BCUT2D eigenvalue weighted by atomic mass is 79.9. The molecule has 0 bridgehead atoms. The minimum Gasteiger partial charge on any atom is -0.296 e. The van der Waals surface area contributed by atoms with Crippen molar-refractivity contribution in [2.24, 2.45) is 5.92 Å². The molecule has 0 aliphatic heterocycles. The largest absolute Gasteiger partial charge is 0.296 e. The van der Waals surface area contributed by atoms with Crippen LogP contribution in [0.5, 0.6) is 0 Å². The van der Waals surface area contributed by atoms with Gasteiger partial charge in [0.15, 0.2) is 0 Å². The number of rotatable bonds is 5. The first-order valence-corrected chi connectivity index (χ1v) is 7.03. The van der Waals surface area contributed by atoms with E-state index in [1.807, 2.05) is 6.07 Å². The molecule has 17 heavy (non-hydrogen) atoms. The quantitative estimate of drug-likeness (QED) is 0.787. The van der Waals surface area contributed by atoms with Crippen LogP contribution < -0.4 is 0 Å². The van der Waals surface area contributed by atoms with Crippen LogP contribution in [-0.2, 0) is 6.54 Å². The summed E-state index contributed by atoms with van der Waals surface area (Å²) in [5.74, 6) is 0.704. The Bertz CT molecular complexity index is 388. The molecule has 0 aromatic heterocycles. The standard InChI is InChI=1S/C14H19BrFN/c1-10(2)17(8-11-3-4-11)9-12-5-6-13(16)7-14(12)15/h5-7,10-11H,3-4,8-9H2,1-2H3. The van der Waals surface area contributed by atoms with Crippen molar-refractivity contribution in [2.75, 3.05) is 6.54 Å². The number of hydrogen-bond acceptors (Lipinski definition) is 1. The van der Waals surface area contributed by atoms with E-state index in [-0.39, 0.29) is 5.82 Å². The van der Waals surface area contributed by atoms with E-state index in [9.17, 15) is 4.39 Å². The van der Waals surface area contributed by atoms with Crippen LogP contribution in [0.2, 0.25) is 0 Å². The van der Waals surface area contributed by atoms with Crippen LogP contribution in [-0.4, -0.2) is 17.5 Å². The third kappa shape index (κ3) is 3.78. The average Bonchev–Trinajstić information content (AvgIpc) is 3.04. The normalized spacial score (nSPS) is 15.9. The number of halogens is 2. The monoisotopic (exact) mass is 299 g/mol. The van der Waals surface area contributed by atoms with Crippen molar-refractivity contribution in [1.82, 2.24) is 4.90 Å². The van der Waals surface area contributed by atoms with Crippen LogP contribution >= 0.6 is 15.9 Å². The second-order valence-corrected chi connectivity index (χ2v) is 6.06. The molecule has 3 heteroatoms. The van der Waals surface area contributed by atoms with Crippen LogP contribution in [0.15, 0.2) is 22.7 Å². The highest BCUT2D eigenvalue weighted by Crippen LogP contribution is 2.31. The molecule has 0 heterocycles. The molecule has 0 radical (unpaired) electrons. The van der Waals surface area contributed by atoms with E-state index in [1.165, 1.54) is 31.0 Å². The van der Waals surface area contributed by atoms with Crippen molar-refractivity contribution >= 4 is 15.9 Å². The maximum atomic E-state index is 13.0. The van der Waals surface area contributed by atoms with Gasteiger partial charge in [0.05, 0.1) is 0 Å². The first kappa shape index (κ1) is 13.0. The predicted molar refractivity (Wildman–Crippen MR) is 72.4 cm³/mol. The van der Waals surface area contributed by atoms with Gasteiger partial charge in [0.1, 0.15) is 5.82 Å². The fraction of sp³-hybridized carbons (Fsp3) is 0.571. The Balaban J connectivity index is 2.05. The molecule has 1 saturated carbocycles. The minimum atomic E-state index is -0.182. The minimum absolute atomic E-state index is 0.182. The van der Waals surface area contributed by atoms with Crippen molar-refractivity contribution in [3.05, 3.63) is 34.1 Å². The van der Waals surface area contributed by atoms with E-state index in [0.717, 1.165) is 16.9 Å². The fourth-order valence-electron chi connectivity index (χ4n) is 1.96. The third-order valence-corrected chi connectivity index (χ3v) is 4.05. The summed E-state index contributed by atoms with van der Waals surface area (Å²) >= 11 is 3.44. The number of benzene rings is 1. The van der Waals surface area contributed by atoms with Gasteiger partial charge in [-0.05, 0) is 50.3 Å². The Labute approximate surface area is 111 Å². The van der Waals surface area contributed by atoms with Gasteiger partial charge >= 0.3 is 0 Å². The van der Waals surface area contributed by atoms with Crippen LogP contribution in [0.4, 0.5) is 4.39 Å². The summed E-state index contributed by atoms with van der Waals surface area (Å²) in [5.41, 5.74) is 1.17. The summed E-state index contributed by atoms with van der Waals surface area (Å²) in [4.78, 5) is 2.47. The van der Waals surface area contributed by atoms with E-state index in [0.29, 0.717) is 6.04 Å². The van der Waals surface area contributed by atoms with E-state index < -0.39 is 0 Å². The molecule has 1 aliphatic rings. The first-order valence-electron chi connectivity index (χ1n) is 6.24. The Morgan fingerprint density at radius 1 is 1.41 bits per heavy atom. The van der Waals surface area contributed by atoms with Crippen molar-refractivity contribution in [1.29, 1.82) is 0 Å². The average molecular weight is 300 g/mol. The van der Waals surface area contributed by atoms with Crippen molar-refractivity contribution < 1.29 is 4.39 Å². The molecular weight excluding hydrogens is 281 g/mol. The molecule has 94 valence electrons. The molecule has 1 nitrogen and oxygen atoms in total. The highest BCUT2D eigenvalue weighted by Gasteiger charge is 2.25. The number of nitrogens with zero attached hydrogens (tertiary/aromatic N) is 1. The molecule has 0 unspecified atom stereocenters. The maximum Gasteiger partial charge on any atom is 0.124 e. The van der Waals surface area contributed by atoms with Crippen LogP contribution in [0.25, 0.3) is 0 Å². The lowest BCUT2D eigenvalue weighted by molar-refractivity contribution is 0.203. The third-order valence-electron chi connectivity index (χ3n) is 3.31. The Morgan fingerprint density at radius 3 is 2.65 bits per heavy atom. The van der Waals surface area contributed by atoms with E-state index in [4.69, 9.17) is 0 Å². The Morgan fingerprint density at radius 2 is 2.12 bits per heavy atom. The second-order valence-electron chi connectivity index (χ2n) is 5.20. The van der Waals surface area contributed by atoms with Crippen LogP contribution in [0, 0.1) is 11.7 Å². The van der Waals surface area contributed by atoms with Gasteiger partial charge in [-0.25, -0.2) is 4.39 Å². The van der Waals surface area contributed by atoms with Gasteiger partial charge in [0, 0.05) is 23.6 Å². The Hall–Kier alpha value is -0.410. The molecule has 0 spiro atoms. The first-order chi connectivity index (χ1) is 8.06. The van der Waals surface area contributed by atoms with E-state index in [2.05, 4.69) is 34.7 Å². The van der Waals surface area contributed by atoms with Crippen molar-refractivity contribution in [2.45, 2.75) is 39.3 Å². The SMILES string of the molecule is CC(C)N(Cc1ccc(F)cc1Br)CC1CC1. The molecule has 1 aliphatic carbocycles. The highest BCUT2D eigenvalue weighted by molar-refractivity contribution is 9.10. The smallest absolute Gasteiger partial charge is 0.124 e. The topological polar surface area (TPSA) is 3.24 Å². The Kier molecular flexibility index (Phi) is 4.21. The van der Waals surface area contributed by atoms with E-state index >= 15 is 0 Å². The molecule has 0 atom stereocenters. The van der Waals surface area contributed by atoms with Crippen molar-refractivity contribution in [3.63, 3.8) is 0 Å². The molecule has 0 amide bonds. The van der Waals surface area contributed by atoms with Crippen molar-refractivity contribution in [3.8, 4) is 0 Å². The van der Waals surface area contributed by atoms with Gasteiger partial charge in [-0.15, -0.1) is 0 Å². The summed E-state index contributed by atoms with van der Waals surface area (Å²) in [6.45, 7) is 6.51. The van der Waals surface area contributed by atoms with Gasteiger partial charge in [-0.1, -0.05) is 22.0 Å². The fourth-order valence-corrected chi connectivity index (χ4v) is 2.43. The molecule has 0 saturated heterocycles. The zero-order chi connectivity index (χ0) is 12.4. The molecular formula is C14H19BrFN. The summed E-state index contributed by atoms with van der Waals surface area (Å²) in [6.07, 6.45) is 2.74. The molecule has 1 aromatic rings. The molecule has 0 N–H and O–H groups in total. The summed E-state index contributed by atoms with van der Waals surface area (Å²) in [7, 11) is 0. The lowest BCUT2D eigenvalue weighted by Crippen LogP contribution is -2.32. The van der Waals surface area contributed by atoms with Crippen LogP contribution in [0.3, 0.4) is 0 Å². The van der Waals surface area contributed by atoms with Gasteiger partial charge in [-0.3, -0.25) is 4.90 Å². The second kappa shape index (κ2) is 5.49. The maximum absolute atomic E-state index is 13.0. The number of hydrogen-bond donors (Lipinski definition) is 0. The summed E-state index contributed by atoms with van der Waals surface area (Å²) in [5, 5.41) is 0.